The van der Waals surface area contributed by atoms with E-state index in [0.29, 0.717) is 36.8 Å². The van der Waals surface area contributed by atoms with Gasteiger partial charge in [0.15, 0.2) is 0 Å². The van der Waals surface area contributed by atoms with Gasteiger partial charge in [-0.2, -0.15) is 0 Å². The van der Waals surface area contributed by atoms with Crippen LogP contribution in [0.4, 0.5) is 0 Å². The number of nitrogens with zero attached hydrogens (tertiary/aromatic N) is 1. The summed E-state index contributed by atoms with van der Waals surface area (Å²) < 4.78 is 16.6. The molecule has 1 aliphatic rings. The molecule has 140 valence electrons. The summed E-state index contributed by atoms with van der Waals surface area (Å²) in [5.74, 6) is 1.93. The summed E-state index contributed by atoms with van der Waals surface area (Å²) in [4.78, 5) is 15.3. The van der Waals surface area contributed by atoms with E-state index in [2.05, 4.69) is 0 Å². The van der Waals surface area contributed by atoms with E-state index in [9.17, 15) is 4.79 Å². The van der Waals surface area contributed by atoms with Gasteiger partial charge in [-0.05, 0) is 37.1 Å². The number of hydrogen-bond acceptors (Lipinski definition) is 5. The predicted octanol–water partition coefficient (Wildman–Crippen LogP) is 3.38. The zero-order valence-corrected chi connectivity index (χ0v) is 15.1. The average Bonchev–Trinajstić information content (AvgIpc) is 3.10. The lowest BCUT2D eigenvalue weighted by Crippen LogP contribution is -2.35. The molecule has 1 atom stereocenters. The standard InChI is InChI=1S/C20H26N2O4/c1-24-15-8-9-16(19(14-15)26-13-10-21)20(23)22-11-4-2-3-6-17(22)18-7-5-12-25-18/h5,7-9,12,14,17H,2-4,6,10-11,13,21H2,1H3/t17-/m1/s1. The molecule has 1 aliphatic heterocycles. The first-order valence-corrected chi connectivity index (χ1v) is 9.10. The Kier molecular flexibility index (Phi) is 6.17. The maximum atomic E-state index is 13.4. The number of amides is 1. The van der Waals surface area contributed by atoms with Crippen molar-refractivity contribution < 1.29 is 18.7 Å². The number of methoxy groups -OCH3 is 1. The van der Waals surface area contributed by atoms with Crippen molar-refractivity contribution in [2.45, 2.75) is 31.7 Å². The Hall–Kier alpha value is -2.47. The summed E-state index contributed by atoms with van der Waals surface area (Å²) in [5.41, 5.74) is 6.08. The van der Waals surface area contributed by atoms with Crippen LogP contribution in [0.1, 0.15) is 47.8 Å². The molecule has 0 radical (unpaired) electrons. The molecule has 2 aromatic rings. The highest BCUT2D eigenvalue weighted by molar-refractivity contribution is 5.97. The van der Waals surface area contributed by atoms with Crippen LogP contribution in [0.5, 0.6) is 11.5 Å². The molecule has 1 aromatic heterocycles. The molecular formula is C20H26N2O4. The fourth-order valence-corrected chi connectivity index (χ4v) is 3.38. The van der Waals surface area contributed by atoms with Crippen LogP contribution in [0.15, 0.2) is 41.0 Å². The Balaban J connectivity index is 1.92. The van der Waals surface area contributed by atoms with Crippen molar-refractivity contribution in [3.63, 3.8) is 0 Å². The number of furan rings is 1. The molecule has 0 saturated carbocycles. The van der Waals surface area contributed by atoms with Crippen LogP contribution in [0.25, 0.3) is 0 Å². The van der Waals surface area contributed by atoms with Gasteiger partial charge >= 0.3 is 0 Å². The Labute approximate surface area is 153 Å². The summed E-state index contributed by atoms with van der Waals surface area (Å²) in [6, 6.07) is 9.04. The van der Waals surface area contributed by atoms with Crippen LogP contribution >= 0.6 is 0 Å². The second kappa shape index (κ2) is 8.76. The molecule has 1 aromatic carbocycles. The summed E-state index contributed by atoms with van der Waals surface area (Å²) in [5, 5.41) is 0. The first-order chi connectivity index (χ1) is 12.7. The van der Waals surface area contributed by atoms with Gasteiger partial charge in [0.2, 0.25) is 0 Å². The largest absolute Gasteiger partial charge is 0.497 e. The van der Waals surface area contributed by atoms with Gasteiger partial charge in [0, 0.05) is 19.2 Å². The number of likely N-dealkylation sites (tertiary alicyclic amines) is 1. The van der Waals surface area contributed by atoms with Crippen LogP contribution in [-0.4, -0.2) is 37.6 Å². The van der Waals surface area contributed by atoms with Gasteiger partial charge in [-0.15, -0.1) is 0 Å². The molecule has 1 fully saturated rings. The summed E-state index contributed by atoms with van der Waals surface area (Å²) in [6.07, 6.45) is 5.73. The lowest BCUT2D eigenvalue weighted by atomic mass is 10.1. The SMILES string of the molecule is COc1ccc(C(=O)N2CCCCC[C@@H]2c2ccco2)c(OCCN)c1. The molecule has 2 N–H and O–H groups in total. The highest BCUT2D eigenvalue weighted by Gasteiger charge is 2.30. The minimum Gasteiger partial charge on any atom is -0.497 e. The quantitative estimate of drug-likeness (QED) is 0.856. The predicted molar refractivity (Wildman–Crippen MR) is 98.5 cm³/mol. The maximum absolute atomic E-state index is 13.4. The number of benzene rings is 1. The van der Waals surface area contributed by atoms with Crippen molar-refractivity contribution in [2.75, 3.05) is 26.8 Å². The van der Waals surface area contributed by atoms with Crippen LogP contribution in [0.3, 0.4) is 0 Å². The lowest BCUT2D eigenvalue weighted by Gasteiger charge is -2.29. The fourth-order valence-electron chi connectivity index (χ4n) is 3.38. The van der Waals surface area contributed by atoms with E-state index in [0.717, 1.165) is 31.4 Å². The van der Waals surface area contributed by atoms with E-state index in [1.54, 1.807) is 31.6 Å². The Morgan fingerprint density at radius 3 is 2.92 bits per heavy atom. The minimum absolute atomic E-state index is 0.0514. The number of carbonyl (C=O) groups is 1. The van der Waals surface area contributed by atoms with Crippen LogP contribution in [0, 0.1) is 0 Å². The molecule has 26 heavy (non-hydrogen) atoms. The Morgan fingerprint density at radius 1 is 1.31 bits per heavy atom. The normalized spacial score (nSPS) is 17.6. The zero-order chi connectivity index (χ0) is 18.4. The molecule has 2 heterocycles. The van der Waals surface area contributed by atoms with Crippen molar-refractivity contribution in [1.29, 1.82) is 0 Å². The highest BCUT2D eigenvalue weighted by Crippen LogP contribution is 2.34. The smallest absolute Gasteiger partial charge is 0.258 e. The van der Waals surface area contributed by atoms with E-state index < -0.39 is 0 Å². The summed E-state index contributed by atoms with van der Waals surface area (Å²) >= 11 is 0. The van der Waals surface area contributed by atoms with Crippen molar-refractivity contribution in [2.24, 2.45) is 5.73 Å². The van der Waals surface area contributed by atoms with E-state index >= 15 is 0 Å². The van der Waals surface area contributed by atoms with Gasteiger partial charge in [-0.3, -0.25) is 4.79 Å². The van der Waals surface area contributed by atoms with E-state index in [4.69, 9.17) is 19.6 Å². The number of ether oxygens (including phenoxy) is 2. The second-order valence-electron chi connectivity index (χ2n) is 6.38. The van der Waals surface area contributed by atoms with Crippen LogP contribution < -0.4 is 15.2 Å². The van der Waals surface area contributed by atoms with Crippen molar-refractivity contribution >= 4 is 5.91 Å². The summed E-state index contributed by atoms with van der Waals surface area (Å²) in [7, 11) is 1.59. The van der Waals surface area contributed by atoms with Crippen LogP contribution in [-0.2, 0) is 0 Å². The molecule has 1 amide bonds. The highest BCUT2D eigenvalue weighted by atomic mass is 16.5. The molecule has 0 spiro atoms. The molecule has 0 aliphatic carbocycles. The molecule has 0 bridgehead atoms. The van der Waals surface area contributed by atoms with Crippen LogP contribution in [0.2, 0.25) is 0 Å². The number of hydrogen-bond donors (Lipinski definition) is 1. The molecule has 1 saturated heterocycles. The molecule has 0 unspecified atom stereocenters. The number of nitrogens with two attached hydrogens (primary N) is 1. The first-order valence-electron chi connectivity index (χ1n) is 9.10. The minimum atomic E-state index is -0.0528. The molecule has 6 heteroatoms. The topological polar surface area (TPSA) is 77.9 Å². The fraction of sp³-hybridized carbons (Fsp3) is 0.450. The number of carbonyl (C=O) groups excluding carboxylic acids is 1. The van der Waals surface area contributed by atoms with E-state index in [1.165, 1.54) is 0 Å². The third-order valence-electron chi connectivity index (χ3n) is 4.68. The zero-order valence-electron chi connectivity index (χ0n) is 15.1. The van der Waals surface area contributed by atoms with E-state index in [-0.39, 0.29) is 11.9 Å². The van der Waals surface area contributed by atoms with Gasteiger partial charge < -0.3 is 24.5 Å². The number of rotatable bonds is 6. The first kappa shape index (κ1) is 18.3. The van der Waals surface area contributed by atoms with Gasteiger partial charge in [-0.1, -0.05) is 12.8 Å². The monoisotopic (exact) mass is 358 g/mol. The molecular weight excluding hydrogens is 332 g/mol. The second-order valence-corrected chi connectivity index (χ2v) is 6.38. The van der Waals surface area contributed by atoms with Crippen molar-refractivity contribution in [3.8, 4) is 11.5 Å². The molecule has 3 rings (SSSR count). The van der Waals surface area contributed by atoms with Crippen molar-refractivity contribution in [3.05, 3.63) is 47.9 Å². The van der Waals surface area contributed by atoms with Gasteiger partial charge in [0.05, 0.1) is 25.0 Å². The maximum Gasteiger partial charge on any atom is 0.258 e. The van der Waals surface area contributed by atoms with Gasteiger partial charge in [0.25, 0.3) is 5.91 Å². The lowest BCUT2D eigenvalue weighted by molar-refractivity contribution is 0.0654. The van der Waals surface area contributed by atoms with Gasteiger partial charge in [-0.25, -0.2) is 0 Å². The van der Waals surface area contributed by atoms with Crippen molar-refractivity contribution in [1.82, 2.24) is 4.90 Å². The van der Waals surface area contributed by atoms with Gasteiger partial charge in [0.1, 0.15) is 23.9 Å². The third kappa shape index (κ3) is 4.02. The summed E-state index contributed by atoms with van der Waals surface area (Å²) in [6.45, 7) is 1.42. The Morgan fingerprint density at radius 2 is 2.19 bits per heavy atom. The Bertz CT molecular complexity index is 715. The van der Waals surface area contributed by atoms with E-state index in [1.807, 2.05) is 17.0 Å². The third-order valence-corrected chi connectivity index (χ3v) is 4.68. The molecule has 6 nitrogen and oxygen atoms in total. The average molecular weight is 358 g/mol.